The van der Waals surface area contributed by atoms with Crippen LogP contribution < -0.4 is 14.4 Å². The molecule has 2 aromatic carbocycles. The summed E-state index contributed by atoms with van der Waals surface area (Å²) in [5.74, 6) is 1.67. The minimum absolute atomic E-state index is 0.151. The van der Waals surface area contributed by atoms with Crippen molar-refractivity contribution in [2.24, 2.45) is 0 Å². The van der Waals surface area contributed by atoms with Crippen molar-refractivity contribution < 1.29 is 14.3 Å². The third-order valence-electron chi connectivity index (χ3n) is 4.57. The van der Waals surface area contributed by atoms with Crippen molar-refractivity contribution >= 4 is 11.5 Å². The van der Waals surface area contributed by atoms with Gasteiger partial charge in [-0.05, 0) is 37.1 Å². The average molecular weight is 309 g/mol. The smallest absolute Gasteiger partial charge is 0.170 e. The van der Waals surface area contributed by atoms with Crippen LogP contribution in [0.1, 0.15) is 33.5 Å². The quantitative estimate of drug-likeness (QED) is 0.806. The molecule has 0 unspecified atom stereocenters. The summed E-state index contributed by atoms with van der Waals surface area (Å²) >= 11 is 0. The second kappa shape index (κ2) is 5.30. The number of fused-ring (bicyclic) bond motifs is 3. The van der Waals surface area contributed by atoms with Crippen LogP contribution in [-0.4, -0.2) is 19.1 Å². The van der Waals surface area contributed by atoms with Gasteiger partial charge in [0.15, 0.2) is 12.5 Å². The van der Waals surface area contributed by atoms with Crippen molar-refractivity contribution in [3.8, 4) is 11.5 Å². The van der Waals surface area contributed by atoms with Crippen molar-refractivity contribution in [1.29, 1.82) is 0 Å². The van der Waals surface area contributed by atoms with E-state index in [0.717, 1.165) is 11.3 Å². The molecule has 0 N–H and O–H groups in total. The molecular weight excluding hydrogens is 290 g/mol. The van der Waals surface area contributed by atoms with E-state index < -0.39 is 0 Å². The number of rotatable bonds is 1. The Balaban J connectivity index is 1.77. The van der Waals surface area contributed by atoms with Gasteiger partial charge in [-0.1, -0.05) is 18.2 Å². The summed E-state index contributed by atoms with van der Waals surface area (Å²) in [7, 11) is 0. The highest BCUT2D eigenvalue weighted by molar-refractivity contribution is 6.00. The van der Waals surface area contributed by atoms with Gasteiger partial charge in [0.05, 0.1) is 24.3 Å². The zero-order chi connectivity index (χ0) is 16.0. The van der Waals surface area contributed by atoms with Crippen molar-refractivity contribution in [3.05, 3.63) is 52.6 Å². The molecule has 0 saturated heterocycles. The van der Waals surface area contributed by atoms with Gasteiger partial charge < -0.3 is 14.4 Å². The second-order valence-electron chi connectivity index (χ2n) is 6.15. The Bertz CT molecular complexity index is 777. The maximum absolute atomic E-state index is 12.1. The molecule has 4 heteroatoms. The number of hydrogen-bond acceptors (Lipinski definition) is 4. The molecule has 0 fully saturated rings. The normalized spacial score (nSPS) is 16.3. The molecule has 0 radical (unpaired) electrons. The van der Waals surface area contributed by atoms with Gasteiger partial charge in [0.2, 0.25) is 0 Å². The standard InChI is InChI=1S/C19H19NO3/c1-12-4-3-5-13(2)18(12)20-10-15-17(23-11-20)7-6-14-16(21)8-9-22-19(14)15/h3-7H,8-11H2,1-2H3. The van der Waals surface area contributed by atoms with E-state index in [9.17, 15) is 4.79 Å². The summed E-state index contributed by atoms with van der Waals surface area (Å²) in [6.45, 7) is 5.87. The summed E-state index contributed by atoms with van der Waals surface area (Å²) in [5, 5.41) is 0. The van der Waals surface area contributed by atoms with E-state index >= 15 is 0 Å². The first-order valence-corrected chi connectivity index (χ1v) is 7.91. The number of anilines is 1. The fourth-order valence-electron chi connectivity index (χ4n) is 3.49. The number of hydrogen-bond donors (Lipinski definition) is 0. The molecule has 0 saturated carbocycles. The van der Waals surface area contributed by atoms with Gasteiger partial charge in [0.1, 0.15) is 11.5 Å². The first-order valence-electron chi connectivity index (χ1n) is 7.91. The van der Waals surface area contributed by atoms with Gasteiger partial charge in [-0.2, -0.15) is 0 Å². The summed E-state index contributed by atoms with van der Waals surface area (Å²) in [5.41, 5.74) is 5.29. The van der Waals surface area contributed by atoms with Crippen LogP contribution in [0.15, 0.2) is 30.3 Å². The number of ether oxygens (including phenoxy) is 2. The molecule has 118 valence electrons. The summed E-state index contributed by atoms with van der Waals surface area (Å²) in [6.07, 6.45) is 0.452. The number of para-hydroxylation sites is 1. The van der Waals surface area contributed by atoms with Crippen molar-refractivity contribution in [1.82, 2.24) is 0 Å². The van der Waals surface area contributed by atoms with E-state index in [4.69, 9.17) is 9.47 Å². The number of aryl methyl sites for hydroxylation is 2. The number of Topliss-reactive ketones (excluding diaryl/α,β-unsaturated/α-hetero) is 1. The maximum atomic E-state index is 12.1. The van der Waals surface area contributed by atoms with Crippen molar-refractivity contribution in [2.75, 3.05) is 18.2 Å². The number of carbonyl (C=O) groups excluding carboxylic acids is 1. The molecule has 2 aromatic rings. The molecule has 23 heavy (non-hydrogen) atoms. The third-order valence-corrected chi connectivity index (χ3v) is 4.57. The van der Waals surface area contributed by atoms with Crippen LogP contribution >= 0.6 is 0 Å². The fraction of sp³-hybridized carbons (Fsp3) is 0.316. The molecule has 0 bridgehead atoms. The predicted octanol–water partition coefficient (Wildman–Crippen LogP) is 3.63. The Morgan fingerprint density at radius 1 is 1.04 bits per heavy atom. The zero-order valence-electron chi connectivity index (χ0n) is 13.4. The van der Waals surface area contributed by atoms with Crippen molar-refractivity contribution in [2.45, 2.75) is 26.8 Å². The van der Waals surface area contributed by atoms with E-state index in [1.165, 1.54) is 16.8 Å². The van der Waals surface area contributed by atoms with E-state index in [-0.39, 0.29) is 5.78 Å². The highest BCUT2D eigenvalue weighted by Gasteiger charge is 2.29. The molecule has 0 amide bonds. The van der Waals surface area contributed by atoms with Crippen LogP contribution in [0, 0.1) is 13.8 Å². The number of benzene rings is 2. The lowest BCUT2D eigenvalue weighted by molar-refractivity contribution is 0.0931. The Morgan fingerprint density at radius 3 is 2.61 bits per heavy atom. The van der Waals surface area contributed by atoms with Gasteiger partial charge in [0.25, 0.3) is 0 Å². The topological polar surface area (TPSA) is 38.8 Å². The van der Waals surface area contributed by atoms with E-state index in [1.807, 2.05) is 12.1 Å². The lowest BCUT2D eigenvalue weighted by Gasteiger charge is -2.34. The average Bonchev–Trinajstić information content (AvgIpc) is 2.55. The van der Waals surface area contributed by atoms with Gasteiger partial charge >= 0.3 is 0 Å². The Kier molecular flexibility index (Phi) is 3.26. The number of ketones is 1. The highest BCUT2D eigenvalue weighted by Crippen LogP contribution is 2.40. The molecule has 4 nitrogen and oxygen atoms in total. The van der Waals surface area contributed by atoms with Gasteiger partial charge in [-0.25, -0.2) is 0 Å². The highest BCUT2D eigenvalue weighted by atomic mass is 16.5. The van der Waals surface area contributed by atoms with Crippen LogP contribution in [0.4, 0.5) is 5.69 Å². The van der Waals surface area contributed by atoms with Crippen LogP contribution in [0.2, 0.25) is 0 Å². The molecule has 0 aromatic heterocycles. The Morgan fingerprint density at radius 2 is 1.83 bits per heavy atom. The Hall–Kier alpha value is -2.49. The summed E-state index contributed by atoms with van der Waals surface area (Å²) < 4.78 is 11.7. The lowest BCUT2D eigenvalue weighted by atomic mass is 9.99. The van der Waals surface area contributed by atoms with Gasteiger partial charge in [0, 0.05) is 12.1 Å². The molecule has 2 aliphatic rings. The maximum Gasteiger partial charge on any atom is 0.170 e. The molecule has 0 spiro atoms. The monoisotopic (exact) mass is 309 g/mol. The molecule has 0 atom stereocenters. The second-order valence-corrected chi connectivity index (χ2v) is 6.15. The van der Waals surface area contributed by atoms with Crippen molar-refractivity contribution in [3.63, 3.8) is 0 Å². The van der Waals surface area contributed by atoms with E-state index in [1.54, 1.807) is 0 Å². The predicted molar refractivity (Wildman–Crippen MR) is 88.5 cm³/mol. The van der Waals surface area contributed by atoms with Crippen LogP contribution in [-0.2, 0) is 6.54 Å². The molecular formula is C19H19NO3. The Labute approximate surface area is 135 Å². The first kappa shape index (κ1) is 14.1. The van der Waals surface area contributed by atoms with Crippen LogP contribution in [0.25, 0.3) is 0 Å². The largest absolute Gasteiger partial charge is 0.492 e. The van der Waals surface area contributed by atoms with E-state index in [0.29, 0.717) is 37.6 Å². The first-order chi connectivity index (χ1) is 11.1. The summed E-state index contributed by atoms with van der Waals surface area (Å²) in [6, 6.07) is 10.0. The van der Waals surface area contributed by atoms with Gasteiger partial charge in [-0.15, -0.1) is 0 Å². The molecule has 2 heterocycles. The zero-order valence-corrected chi connectivity index (χ0v) is 13.4. The lowest BCUT2D eigenvalue weighted by Crippen LogP contribution is -2.34. The van der Waals surface area contributed by atoms with Gasteiger partial charge in [-0.3, -0.25) is 4.79 Å². The number of carbonyl (C=O) groups is 1. The molecule has 2 aliphatic heterocycles. The summed E-state index contributed by atoms with van der Waals surface area (Å²) in [4.78, 5) is 14.3. The van der Waals surface area contributed by atoms with Crippen LogP contribution in [0.3, 0.4) is 0 Å². The molecule has 4 rings (SSSR count). The number of nitrogens with zero attached hydrogens (tertiary/aromatic N) is 1. The fourth-order valence-corrected chi connectivity index (χ4v) is 3.49. The SMILES string of the molecule is Cc1cccc(C)c1N1COc2ccc3c(c2C1)OCCC3=O. The third kappa shape index (κ3) is 2.25. The minimum atomic E-state index is 0.151. The van der Waals surface area contributed by atoms with E-state index in [2.05, 4.69) is 36.9 Å². The molecule has 0 aliphatic carbocycles. The van der Waals surface area contributed by atoms with Crippen LogP contribution in [0.5, 0.6) is 11.5 Å². The minimum Gasteiger partial charge on any atom is -0.492 e.